The third kappa shape index (κ3) is 5.54. The van der Waals surface area contributed by atoms with Crippen LogP contribution in [0.2, 0.25) is 0 Å². The number of benzene rings is 3. The van der Waals surface area contributed by atoms with Gasteiger partial charge in [-0.3, -0.25) is 9.89 Å². The van der Waals surface area contributed by atoms with Crippen LogP contribution in [0, 0.1) is 20.8 Å². The van der Waals surface area contributed by atoms with Crippen molar-refractivity contribution in [2.75, 3.05) is 0 Å². The van der Waals surface area contributed by atoms with Crippen LogP contribution >= 0.6 is 0 Å². The van der Waals surface area contributed by atoms with E-state index in [0.29, 0.717) is 18.0 Å². The Labute approximate surface area is 221 Å². The van der Waals surface area contributed by atoms with Crippen molar-refractivity contribution in [1.82, 2.24) is 25.4 Å². The van der Waals surface area contributed by atoms with Crippen LogP contribution in [0.15, 0.2) is 90.0 Å². The van der Waals surface area contributed by atoms with Crippen LogP contribution in [0.1, 0.15) is 38.6 Å². The maximum atomic E-state index is 12.6. The number of nitrogens with one attached hydrogen (secondary N) is 2. The highest BCUT2D eigenvalue weighted by Gasteiger charge is 2.13. The van der Waals surface area contributed by atoms with Crippen LogP contribution in [-0.2, 0) is 6.61 Å². The summed E-state index contributed by atoms with van der Waals surface area (Å²) in [6.45, 7) is 6.44. The summed E-state index contributed by atoms with van der Waals surface area (Å²) in [6, 6.07) is 27.4. The van der Waals surface area contributed by atoms with E-state index in [2.05, 4.69) is 57.0 Å². The highest BCUT2D eigenvalue weighted by atomic mass is 16.5. The third-order valence-electron chi connectivity index (χ3n) is 6.21. The van der Waals surface area contributed by atoms with Crippen molar-refractivity contribution >= 4 is 12.1 Å². The van der Waals surface area contributed by atoms with Crippen molar-refractivity contribution in [2.45, 2.75) is 27.4 Å². The number of hydrazone groups is 1. The van der Waals surface area contributed by atoms with Gasteiger partial charge in [-0.15, -0.1) is 0 Å². The molecule has 2 aromatic heterocycles. The minimum absolute atomic E-state index is 0.310. The summed E-state index contributed by atoms with van der Waals surface area (Å²) in [4.78, 5) is 12.6. The molecule has 0 aliphatic rings. The molecule has 0 radical (unpaired) electrons. The smallest absolute Gasteiger partial charge is 0.289 e. The average molecular weight is 505 g/mol. The Morgan fingerprint density at radius 2 is 1.74 bits per heavy atom. The van der Waals surface area contributed by atoms with E-state index in [1.807, 2.05) is 73.1 Å². The van der Waals surface area contributed by atoms with Crippen molar-refractivity contribution in [3.8, 4) is 22.7 Å². The van der Waals surface area contributed by atoms with Gasteiger partial charge < -0.3 is 4.74 Å². The quantitative estimate of drug-likeness (QED) is 0.214. The van der Waals surface area contributed by atoms with Crippen molar-refractivity contribution < 1.29 is 9.53 Å². The van der Waals surface area contributed by atoms with Gasteiger partial charge in [0.25, 0.3) is 5.91 Å². The van der Waals surface area contributed by atoms with Gasteiger partial charge in [-0.05, 0) is 68.8 Å². The second-order valence-electron chi connectivity index (χ2n) is 9.00. The molecular formula is C30H28N6O2. The first-order valence-corrected chi connectivity index (χ1v) is 12.3. The zero-order valence-electron chi connectivity index (χ0n) is 21.5. The van der Waals surface area contributed by atoms with Gasteiger partial charge in [0.1, 0.15) is 18.1 Å². The molecule has 0 bridgehead atoms. The third-order valence-corrected chi connectivity index (χ3v) is 6.21. The number of rotatable bonds is 8. The minimum Gasteiger partial charge on any atom is -0.489 e. The predicted molar refractivity (Wildman–Crippen MR) is 148 cm³/mol. The molecule has 2 N–H and O–H groups in total. The van der Waals surface area contributed by atoms with E-state index >= 15 is 0 Å². The Morgan fingerprint density at radius 1 is 1.00 bits per heavy atom. The Hall–Kier alpha value is -4.98. The largest absolute Gasteiger partial charge is 0.489 e. The van der Waals surface area contributed by atoms with Gasteiger partial charge in [-0.25, -0.2) is 10.1 Å². The number of hydrogen-bond donors (Lipinski definition) is 2. The second-order valence-corrected chi connectivity index (χ2v) is 9.00. The number of carbonyl (C=O) groups excluding carboxylic acids is 1. The van der Waals surface area contributed by atoms with Gasteiger partial charge in [0, 0.05) is 11.1 Å². The molecule has 1 amide bonds. The maximum Gasteiger partial charge on any atom is 0.289 e. The first-order chi connectivity index (χ1) is 18.5. The number of hydrogen-bond acceptors (Lipinski definition) is 5. The SMILES string of the molecule is Cc1ccc(COc2ccc(-c3cc(C(=O)N/N=C/c4c(C)nn(-c5ccccc5)c4C)[nH]n3)cc2)cc1. The lowest BCUT2D eigenvalue weighted by atomic mass is 10.1. The predicted octanol–water partition coefficient (Wildman–Crippen LogP) is 5.53. The molecule has 0 saturated heterocycles. The fraction of sp³-hybridized carbons (Fsp3) is 0.133. The fourth-order valence-electron chi connectivity index (χ4n) is 4.04. The van der Waals surface area contributed by atoms with Crippen LogP contribution in [-0.4, -0.2) is 32.1 Å². The molecule has 5 rings (SSSR count). The van der Waals surface area contributed by atoms with E-state index in [-0.39, 0.29) is 5.91 Å². The van der Waals surface area contributed by atoms with Gasteiger partial charge in [-0.1, -0.05) is 48.0 Å². The summed E-state index contributed by atoms with van der Waals surface area (Å²) in [5.74, 6) is 0.377. The Morgan fingerprint density at radius 3 is 2.47 bits per heavy atom. The molecule has 5 aromatic rings. The van der Waals surface area contributed by atoms with Crippen molar-refractivity contribution in [3.05, 3.63) is 119 Å². The maximum absolute atomic E-state index is 12.6. The molecule has 0 spiro atoms. The molecule has 0 fully saturated rings. The number of aryl methyl sites for hydroxylation is 2. The van der Waals surface area contributed by atoms with E-state index in [1.54, 1.807) is 12.3 Å². The molecule has 8 nitrogen and oxygen atoms in total. The fourth-order valence-corrected chi connectivity index (χ4v) is 4.04. The first-order valence-electron chi connectivity index (χ1n) is 12.3. The highest BCUT2D eigenvalue weighted by Crippen LogP contribution is 2.22. The molecule has 8 heteroatoms. The van der Waals surface area contributed by atoms with Crippen LogP contribution in [0.4, 0.5) is 0 Å². The Balaban J connectivity index is 1.20. The van der Waals surface area contributed by atoms with Crippen molar-refractivity contribution in [1.29, 1.82) is 0 Å². The van der Waals surface area contributed by atoms with Gasteiger partial charge in [-0.2, -0.15) is 15.3 Å². The van der Waals surface area contributed by atoms with Crippen molar-refractivity contribution in [2.24, 2.45) is 5.10 Å². The van der Waals surface area contributed by atoms with E-state index < -0.39 is 0 Å². The molecule has 3 aromatic carbocycles. The zero-order valence-corrected chi connectivity index (χ0v) is 21.5. The second kappa shape index (κ2) is 11.0. The van der Waals surface area contributed by atoms with E-state index in [9.17, 15) is 4.79 Å². The van der Waals surface area contributed by atoms with Crippen LogP contribution < -0.4 is 10.2 Å². The topological polar surface area (TPSA) is 97.2 Å². The number of carbonyl (C=O) groups is 1. The Bertz CT molecular complexity index is 1570. The van der Waals surface area contributed by atoms with Crippen LogP contribution in [0.25, 0.3) is 16.9 Å². The average Bonchev–Trinajstić information content (AvgIpc) is 3.54. The summed E-state index contributed by atoms with van der Waals surface area (Å²) in [7, 11) is 0. The van der Waals surface area contributed by atoms with Gasteiger partial charge in [0.2, 0.25) is 0 Å². The number of ether oxygens (including phenoxy) is 1. The van der Waals surface area contributed by atoms with Crippen molar-refractivity contribution in [3.63, 3.8) is 0 Å². The molecule has 38 heavy (non-hydrogen) atoms. The van der Waals surface area contributed by atoms with E-state index in [0.717, 1.165) is 39.5 Å². The Kier molecular flexibility index (Phi) is 7.13. The van der Waals surface area contributed by atoms with Crippen LogP contribution in [0.5, 0.6) is 5.75 Å². The molecule has 0 saturated carbocycles. The molecule has 0 unspecified atom stereocenters. The zero-order chi connectivity index (χ0) is 26.5. The summed E-state index contributed by atoms with van der Waals surface area (Å²) < 4.78 is 7.74. The number of para-hydroxylation sites is 1. The molecule has 2 heterocycles. The number of aromatic amines is 1. The summed E-state index contributed by atoms with van der Waals surface area (Å²) in [6.07, 6.45) is 1.61. The molecule has 0 aliphatic carbocycles. The summed E-state index contributed by atoms with van der Waals surface area (Å²) in [5, 5.41) is 15.8. The van der Waals surface area contributed by atoms with Crippen LogP contribution in [0.3, 0.4) is 0 Å². The lowest BCUT2D eigenvalue weighted by Gasteiger charge is -2.07. The number of aromatic nitrogens is 4. The molecule has 0 atom stereocenters. The molecular weight excluding hydrogens is 476 g/mol. The number of nitrogens with zero attached hydrogens (tertiary/aromatic N) is 4. The van der Waals surface area contributed by atoms with E-state index in [1.165, 1.54) is 5.56 Å². The molecule has 0 aliphatic heterocycles. The molecule has 190 valence electrons. The number of H-pyrrole nitrogens is 1. The first kappa shape index (κ1) is 24.7. The van der Waals surface area contributed by atoms with E-state index in [4.69, 9.17) is 4.74 Å². The summed E-state index contributed by atoms with van der Waals surface area (Å²) in [5.41, 5.74) is 10.3. The lowest BCUT2D eigenvalue weighted by Crippen LogP contribution is -2.18. The lowest BCUT2D eigenvalue weighted by molar-refractivity contribution is 0.0950. The van der Waals surface area contributed by atoms with Gasteiger partial charge in [0.05, 0.1) is 29.0 Å². The highest BCUT2D eigenvalue weighted by molar-refractivity contribution is 5.94. The van der Waals surface area contributed by atoms with Gasteiger partial charge in [0.15, 0.2) is 0 Å². The normalized spacial score (nSPS) is 11.1. The minimum atomic E-state index is -0.385. The summed E-state index contributed by atoms with van der Waals surface area (Å²) >= 11 is 0. The standard InChI is InChI=1S/C30H28N6O2/c1-20-9-11-23(12-10-20)19-38-26-15-13-24(14-16-26)28-17-29(33-32-28)30(37)34-31-18-27-21(2)35-36(22(27)3)25-7-5-4-6-8-25/h4-18H,19H2,1-3H3,(H,32,33)(H,34,37)/b31-18+. The number of amides is 1. The monoisotopic (exact) mass is 504 g/mol. The van der Waals surface area contributed by atoms with Gasteiger partial charge >= 0.3 is 0 Å².